The smallest absolute Gasteiger partial charge is 0.360 e. The summed E-state index contributed by atoms with van der Waals surface area (Å²) in [6.07, 6.45) is 2.55. The summed E-state index contributed by atoms with van der Waals surface area (Å²) in [5.74, 6) is -0.152. The molecular weight excluding hydrogens is 272 g/mol. The van der Waals surface area contributed by atoms with Gasteiger partial charge in [0.05, 0.1) is 13.7 Å². The first-order chi connectivity index (χ1) is 9.76. The van der Waals surface area contributed by atoms with Crippen molar-refractivity contribution in [3.8, 4) is 0 Å². The molecular formula is C15H24N2O4. The molecule has 0 aliphatic rings. The van der Waals surface area contributed by atoms with Crippen molar-refractivity contribution in [2.45, 2.75) is 47.1 Å². The molecule has 1 amide bonds. The molecule has 1 aromatic rings. The van der Waals surface area contributed by atoms with Gasteiger partial charge in [-0.05, 0) is 11.8 Å². The molecule has 1 rings (SSSR count). The lowest BCUT2D eigenvalue weighted by Crippen LogP contribution is -2.33. The molecule has 0 atom stereocenters. The highest BCUT2D eigenvalue weighted by atomic mass is 16.5. The second kappa shape index (κ2) is 7.24. The third-order valence-electron chi connectivity index (χ3n) is 2.80. The highest BCUT2D eigenvalue weighted by Gasteiger charge is 2.22. The van der Waals surface area contributed by atoms with Gasteiger partial charge >= 0.3 is 5.97 Å². The molecule has 0 spiro atoms. The van der Waals surface area contributed by atoms with Crippen LogP contribution in [-0.2, 0) is 16.1 Å². The molecule has 0 aliphatic carbocycles. The molecule has 118 valence electrons. The fourth-order valence-electron chi connectivity index (χ4n) is 1.87. The van der Waals surface area contributed by atoms with Crippen LogP contribution >= 0.6 is 0 Å². The van der Waals surface area contributed by atoms with Crippen molar-refractivity contribution in [1.82, 2.24) is 9.88 Å². The molecule has 0 bridgehead atoms. The Kier molecular flexibility index (Phi) is 5.93. The first-order valence-electron chi connectivity index (χ1n) is 7.07. The first kappa shape index (κ1) is 17.2. The van der Waals surface area contributed by atoms with Crippen molar-refractivity contribution in [2.75, 3.05) is 13.7 Å². The lowest BCUT2D eigenvalue weighted by Gasteiger charge is -2.25. The van der Waals surface area contributed by atoms with E-state index in [-0.39, 0.29) is 23.6 Å². The number of aromatic nitrogens is 1. The number of rotatable bonds is 6. The van der Waals surface area contributed by atoms with Crippen LogP contribution in [0.2, 0.25) is 0 Å². The molecule has 0 saturated carbocycles. The first-order valence-corrected chi connectivity index (χ1v) is 7.07. The Morgan fingerprint density at radius 2 is 2.05 bits per heavy atom. The van der Waals surface area contributed by atoms with Crippen molar-refractivity contribution in [3.63, 3.8) is 0 Å². The monoisotopic (exact) mass is 296 g/mol. The zero-order valence-electron chi connectivity index (χ0n) is 13.4. The highest BCUT2D eigenvalue weighted by Crippen LogP contribution is 2.20. The average Bonchev–Trinajstić information content (AvgIpc) is 2.84. The van der Waals surface area contributed by atoms with E-state index in [1.54, 1.807) is 4.90 Å². The average molecular weight is 296 g/mol. The van der Waals surface area contributed by atoms with Crippen molar-refractivity contribution in [3.05, 3.63) is 17.8 Å². The molecule has 0 N–H and O–H groups in total. The van der Waals surface area contributed by atoms with Crippen LogP contribution in [0.1, 0.15) is 56.9 Å². The Labute approximate surface area is 125 Å². The number of methoxy groups -OCH3 is 1. The summed E-state index contributed by atoms with van der Waals surface area (Å²) in [4.78, 5) is 29.4. The molecule has 0 radical (unpaired) electrons. The molecule has 21 heavy (non-hydrogen) atoms. The minimum atomic E-state index is -0.548. The number of hydrogen-bond acceptors (Lipinski definition) is 5. The van der Waals surface area contributed by atoms with Crippen LogP contribution in [0.4, 0.5) is 0 Å². The summed E-state index contributed by atoms with van der Waals surface area (Å²) in [6, 6.07) is 0. The van der Waals surface area contributed by atoms with E-state index in [1.807, 2.05) is 27.7 Å². The predicted octanol–water partition coefficient (Wildman–Crippen LogP) is 2.64. The maximum Gasteiger partial charge on any atom is 0.360 e. The molecule has 0 unspecified atom stereocenters. The number of amides is 1. The minimum absolute atomic E-state index is 0.0576. The van der Waals surface area contributed by atoms with E-state index in [1.165, 1.54) is 13.4 Å². The fraction of sp³-hybridized carbons (Fsp3) is 0.667. The maximum absolute atomic E-state index is 12.3. The van der Waals surface area contributed by atoms with Crippen LogP contribution in [-0.4, -0.2) is 35.4 Å². The molecule has 1 aromatic heterocycles. The summed E-state index contributed by atoms with van der Waals surface area (Å²) in [5.41, 5.74) is 0.0452. The predicted molar refractivity (Wildman–Crippen MR) is 77.6 cm³/mol. The number of hydrogen-bond donors (Lipinski definition) is 0. The van der Waals surface area contributed by atoms with E-state index in [2.05, 4.69) is 9.72 Å². The Balaban J connectivity index is 2.76. The highest BCUT2D eigenvalue weighted by molar-refractivity contribution is 5.86. The van der Waals surface area contributed by atoms with Crippen molar-refractivity contribution in [1.29, 1.82) is 0 Å². The van der Waals surface area contributed by atoms with Crippen molar-refractivity contribution in [2.24, 2.45) is 5.41 Å². The number of carbonyl (C=O) groups is 2. The minimum Gasteiger partial charge on any atom is -0.464 e. The number of ether oxygens (including phenoxy) is 1. The van der Waals surface area contributed by atoms with Gasteiger partial charge in [0.1, 0.15) is 6.26 Å². The Hall–Kier alpha value is -1.85. The van der Waals surface area contributed by atoms with Crippen LogP contribution in [0, 0.1) is 5.41 Å². The summed E-state index contributed by atoms with van der Waals surface area (Å²) in [7, 11) is 1.28. The second-order valence-electron chi connectivity index (χ2n) is 6.17. The molecule has 1 heterocycles. The zero-order chi connectivity index (χ0) is 16.0. The van der Waals surface area contributed by atoms with Gasteiger partial charge in [-0.25, -0.2) is 9.78 Å². The number of nitrogens with zero attached hydrogens (tertiary/aromatic N) is 2. The van der Waals surface area contributed by atoms with Gasteiger partial charge in [0.15, 0.2) is 5.69 Å². The quantitative estimate of drug-likeness (QED) is 0.754. The van der Waals surface area contributed by atoms with E-state index in [0.29, 0.717) is 18.9 Å². The summed E-state index contributed by atoms with van der Waals surface area (Å²) < 4.78 is 9.81. The third-order valence-corrected chi connectivity index (χ3v) is 2.80. The van der Waals surface area contributed by atoms with E-state index in [0.717, 1.165) is 6.42 Å². The summed E-state index contributed by atoms with van der Waals surface area (Å²) in [6.45, 7) is 8.97. The zero-order valence-corrected chi connectivity index (χ0v) is 13.4. The molecule has 0 aliphatic heterocycles. The van der Waals surface area contributed by atoms with Gasteiger partial charge in [-0.3, -0.25) is 4.79 Å². The van der Waals surface area contributed by atoms with Crippen molar-refractivity contribution < 1.29 is 18.7 Å². The SMILES string of the molecule is CCCN(Cc1nc(C(=O)OC)co1)C(=O)CC(C)(C)C. The Morgan fingerprint density at radius 1 is 1.38 bits per heavy atom. The van der Waals surface area contributed by atoms with E-state index in [4.69, 9.17) is 4.42 Å². The Morgan fingerprint density at radius 3 is 2.57 bits per heavy atom. The van der Waals surface area contributed by atoms with Crippen LogP contribution < -0.4 is 0 Å². The fourth-order valence-corrected chi connectivity index (χ4v) is 1.87. The van der Waals surface area contributed by atoms with Crippen molar-refractivity contribution >= 4 is 11.9 Å². The van der Waals surface area contributed by atoms with Crippen LogP contribution in [0.15, 0.2) is 10.7 Å². The topological polar surface area (TPSA) is 72.6 Å². The van der Waals surface area contributed by atoms with E-state index < -0.39 is 5.97 Å². The van der Waals surface area contributed by atoms with Crippen LogP contribution in [0.3, 0.4) is 0 Å². The van der Waals surface area contributed by atoms with E-state index in [9.17, 15) is 9.59 Å². The Bertz CT molecular complexity index is 488. The van der Waals surface area contributed by atoms with Crippen LogP contribution in [0.5, 0.6) is 0 Å². The molecule has 6 nitrogen and oxygen atoms in total. The van der Waals surface area contributed by atoms with E-state index >= 15 is 0 Å². The number of oxazole rings is 1. The third kappa shape index (κ3) is 5.57. The van der Waals surface area contributed by atoms with Gasteiger partial charge in [-0.15, -0.1) is 0 Å². The van der Waals surface area contributed by atoms with Gasteiger partial charge in [-0.1, -0.05) is 27.7 Å². The number of esters is 1. The normalized spacial score (nSPS) is 11.3. The van der Waals surface area contributed by atoms with Gasteiger partial charge < -0.3 is 14.1 Å². The maximum atomic E-state index is 12.3. The van der Waals surface area contributed by atoms with Gasteiger partial charge in [0.25, 0.3) is 0 Å². The lowest BCUT2D eigenvalue weighted by molar-refractivity contribution is -0.134. The van der Waals surface area contributed by atoms with Crippen LogP contribution in [0.25, 0.3) is 0 Å². The molecule has 0 saturated heterocycles. The summed E-state index contributed by atoms with van der Waals surface area (Å²) >= 11 is 0. The molecule has 6 heteroatoms. The van der Waals surface area contributed by atoms with Gasteiger partial charge in [0, 0.05) is 13.0 Å². The molecule has 0 fully saturated rings. The largest absolute Gasteiger partial charge is 0.464 e. The summed E-state index contributed by atoms with van der Waals surface area (Å²) in [5, 5.41) is 0. The number of carbonyl (C=O) groups excluding carboxylic acids is 2. The standard InChI is InChI=1S/C15H24N2O4/c1-6-7-17(13(18)8-15(2,3)4)9-12-16-11(10-21-12)14(19)20-5/h10H,6-9H2,1-5H3. The second-order valence-corrected chi connectivity index (χ2v) is 6.17. The molecule has 0 aromatic carbocycles. The van der Waals surface area contributed by atoms with Gasteiger partial charge in [-0.2, -0.15) is 0 Å². The van der Waals surface area contributed by atoms with Gasteiger partial charge in [0.2, 0.25) is 11.8 Å². The lowest BCUT2D eigenvalue weighted by atomic mass is 9.91.